The van der Waals surface area contributed by atoms with Gasteiger partial charge in [0, 0.05) is 38.3 Å². The van der Waals surface area contributed by atoms with Crippen LogP contribution in [0.25, 0.3) is 0 Å². The number of ether oxygens (including phenoxy) is 1. The first kappa shape index (κ1) is 13.3. The van der Waals surface area contributed by atoms with Gasteiger partial charge in [0.15, 0.2) is 0 Å². The van der Waals surface area contributed by atoms with E-state index in [1.54, 1.807) is 0 Å². The lowest BCUT2D eigenvalue weighted by molar-refractivity contribution is 0.103. The first-order valence-electron chi connectivity index (χ1n) is 6.64. The van der Waals surface area contributed by atoms with Crippen molar-refractivity contribution in [3.8, 4) is 5.75 Å². The van der Waals surface area contributed by atoms with E-state index >= 15 is 0 Å². The smallest absolute Gasteiger partial charge is 0.125 e. The van der Waals surface area contributed by atoms with E-state index in [9.17, 15) is 5.11 Å². The largest absolute Gasteiger partial charge is 0.493 e. The van der Waals surface area contributed by atoms with Crippen molar-refractivity contribution in [2.75, 3.05) is 39.3 Å². The minimum Gasteiger partial charge on any atom is -0.493 e. The van der Waals surface area contributed by atoms with Crippen LogP contribution < -0.4 is 10.1 Å². The van der Waals surface area contributed by atoms with E-state index in [0.717, 1.165) is 37.5 Å². The monoisotopic (exact) mass is 250 g/mol. The van der Waals surface area contributed by atoms with Crippen LogP contribution in [-0.4, -0.2) is 49.3 Å². The summed E-state index contributed by atoms with van der Waals surface area (Å²) < 4.78 is 5.56. The Morgan fingerprint density at radius 2 is 2.06 bits per heavy atom. The Kier molecular flexibility index (Phi) is 4.99. The lowest BCUT2D eigenvalue weighted by Crippen LogP contribution is -2.45. The van der Waals surface area contributed by atoms with Crippen molar-refractivity contribution < 1.29 is 9.84 Å². The van der Waals surface area contributed by atoms with E-state index in [4.69, 9.17) is 4.74 Å². The lowest BCUT2D eigenvalue weighted by atomic mass is 10.1. The quantitative estimate of drug-likeness (QED) is 0.819. The molecule has 4 heteroatoms. The molecule has 1 saturated heterocycles. The molecule has 1 heterocycles. The molecule has 0 saturated carbocycles. The Hall–Kier alpha value is -1.10. The second-order valence-electron chi connectivity index (χ2n) is 4.54. The Bertz CT molecular complexity index is 365. The number of para-hydroxylation sites is 1. The van der Waals surface area contributed by atoms with E-state index in [-0.39, 0.29) is 0 Å². The van der Waals surface area contributed by atoms with E-state index in [2.05, 4.69) is 10.2 Å². The topological polar surface area (TPSA) is 44.7 Å². The molecule has 0 aliphatic carbocycles. The van der Waals surface area contributed by atoms with Gasteiger partial charge in [0.2, 0.25) is 0 Å². The summed E-state index contributed by atoms with van der Waals surface area (Å²) >= 11 is 0. The molecule has 100 valence electrons. The molecule has 1 aromatic rings. The molecule has 1 aliphatic rings. The van der Waals surface area contributed by atoms with E-state index in [0.29, 0.717) is 13.2 Å². The lowest BCUT2D eigenvalue weighted by Gasteiger charge is -2.29. The molecule has 2 N–H and O–H groups in total. The van der Waals surface area contributed by atoms with Crippen molar-refractivity contribution in [1.82, 2.24) is 10.2 Å². The van der Waals surface area contributed by atoms with Crippen molar-refractivity contribution >= 4 is 0 Å². The fourth-order valence-electron chi connectivity index (χ4n) is 2.28. The number of nitrogens with one attached hydrogen (secondary N) is 1. The fraction of sp³-hybridized carbons (Fsp3) is 0.571. The van der Waals surface area contributed by atoms with Crippen LogP contribution in [0, 0.1) is 0 Å². The highest BCUT2D eigenvalue weighted by Gasteiger charge is 2.18. The average Bonchev–Trinajstić information content (AvgIpc) is 2.41. The summed E-state index contributed by atoms with van der Waals surface area (Å²) in [5.41, 5.74) is 0.887. The first-order valence-corrected chi connectivity index (χ1v) is 6.64. The van der Waals surface area contributed by atoms with Crippen LogP contribution in [0.5, 0.6) is 5.75 Å². The van der Waals surface area contributed by atoms with Gasteiger partial charge in [-0.3, -0.25) is 4.90 Å². The number of benzene rings is 1. The van der Waals surface area contributed by atoms with Crippen LogP contribution in [0.15, 0.2) is 24.3 Å². The number of hydrogen-bond donors (Lipinski definition) is 2. The van der Waals surface area contributed by atoms with Gasteiger partial charge in [-0.25, -0.2) is 0 Å². The molecule has 18 heavy (non-hydrogen) atoms. The molecular weight excluding hydrogens is 228 g/mol. The number of β-amino-alcohol motifs (C(OH)–C–C–N with tert-alkyl or cyclic N) is 1. The van der Waals surface area contributed by atoms with Crippen LogP contribution in [0.1, 0.15) is 18.6 Å². The maximum absolute atomic E-state index is 10.3. The van der Waals surface area contributed by atoms with Gasteiger partial charge in [0.1, 0.15) is 5.75 Å². The van der Waals surface area contributed by atoms with Crippen molar-refractivity contribution in [3.63, 3.8) is 0 Å². The van der Waals surface area contributed by atoms with Crippen molar-refractivity contribution in [2.45, 2.75) is 13.0 Å². The van der Waals surface area contributed by atoms with Crippen molar-refractivity contribution in [2.24, 2.45) is 0 Å². The molecule has 1 unspecified atom stereocenters. The Morgan fingerprint density at radius 1 is 1.33 bits per heavy atom. The molecule has 0 amide bonds. The zero-order valence-electron chi connectivity index (χ0n) is 10.9. The normalized spacial score (nSPS) is 18.6. The minimum absolute atomic E-state index is 0.481. The van der Waals surface area contributed by atoms with Gasteiger partial charge < -0.3 is 15.2 Å². The Balaban J connectivity index is 2.00. The molecule has 0 bridgehead atoms. The molecule has 1 aromatic carbocycles. The van der Waals surface area contributed by atoms with Gasteiger partial charge in [-0.05, 0) is 13.0 Å². The maximum Gasteiger partial charge on any atom is 0.125 e. The SMILES string of the molecule is CCOc1ccccc1C(O)CN1CCNCC1. The Morgan fingerprint density at radius 3 is 2.78 bits per heavy atom. The van der Waals surface area contributed by atoms with Crippen molar-refractivity contribution in [3.05, 3.63) is 29.8 Å². The third-order valence-electron chi connectivity index (χ3n) is 3.22. The third-order valence-corrected chi connectivity index (χ3v) is 3.22. The molecule has 2 rings (SSSR count). The summed E-state index contributed by atoms with van der Waals surface area (Å²) in [5.74, 6) is 0.794. The van der Waals surface area contributed by atoms with Crippen LogP contribution in [-0.2, 0) is 0 Å². The van der Waals surface area contributed by atoms with Crippen molar-refractivity contribution in [1.29, 1.82) is 0 Å². The predicted molar refractivity (Wildman–Crippen MR) is 71.9 cm³/mol. The number of aliphatic hydroxyl groups excluding tert-OH is 1. The highest BCUT2D eigenvalue weighted by molar-refractivity contribution is 5.35. The number of nitrogens with zero attached hydrogens (tertiary/aromatic N) is 1. The molecular formula is C14H22N2O2. The van der Waals surface area contributed by atoms with E-state index in [1.165, 1.54) is 0 Å². The number of piperazine rings is 1. The molecule has 0 radical (unpaired) electrons. The Labute approximate surface area is 109 Å². The summed E-state index contributed by atoms with van der Waals surface area (Å²) in [4.78, 5) is 2.28. The summed E-state index contributed by atoms with van der Waals surface area (Å²) in [5, 5.41) is 13.6. The van der Waals surface area contributed by atoms with Gasteiger partial charge in [0.05, 0.1) is 12.7 Å². The summed E-state index contributed by atoms with van der Waals surface area (Å²) in [6.45, 7) is 7.24. The van der Waals surface area contributed by atoms with Crippen LogP contribution >= 0.6 is 0 Å². The minimum atomic E-state index is -0.481. The number of aliphatic hydroxyl groups is 1. The second-order valence-corrected chi connectivity index (χ2v) is 4.54. The molecule has 1 aliphatic heterocycles. The van der Waals surface area contributed by atoms with Crippen LogP contribution in [0.2, 0.25) is 0 Å². The standard InChI is InChI=1S/C14H22N2O2/c1-2-18-14-6-4-3-5-12(14)13(17)11-16-9-7-15-8-10-16/h3-6,13,15,17H,2,7-11H2,1H3. The van der Waals surface area contributed by atoms with Gasteiger partial charge in [-0.15, -0.1) is 0 Å². The van der Waals surface area contributed by atoms with Gasteiger partial charge in [0.25, 0.3) is 0 Å². The summed E-state index contributed by atoms with van der Waals surface area (Å²) in [7, 11) is 0. The van der Waals surface area contributed by atoms with Crippen LogP contribution in [0.3, 0.4) is 0 Å². The predicted octanol–water partition coefficient (Wildman–Crippen LogP) is 1.02. The zero-order valence-corrected chi connectivity index (χ0v) is 10.9. The van der Waals surface area contributed by atoms with Gasteiger partial charge in [-0.2, -0.15) is 0 Å². The van der Waals surface area contributed by atoms with E-state index in [1.807, 2.05) is 31.2 Å². The molecule has 1 fully saturated rings. The fourth-order valence-corrected chi connectivity index (χ4v) is 2.28. The maximum atomic E-state index is 10.3. The van der Waals surface area contributed by atoms with Gasteiger partial charge in [-0.1, -0.05) is 18.2 Å². The number of hydrogen-bond acceptors (Lipinski definition) is 4. The molecule has 1 atom stereocenters. The van der Waals surface area contributed by atoms with E-state index < -0.39 is 6.10 Å². The third kappa shape index (κ3) is 3.45. The highest BCUT2D eigenvalue weighted by Crippen LogP contribution is 2.25. The first-order chi connectivity index (χ1) is 8.81. The highest BCUT2D eigenvalue weighted by atomic mass is 16.5. The molecule has 0 spiro atoms. The summed E-state index contributed by atoms with van der Waals surface area (Å²) in [6.07, 6.45) is -0.481. The molecule has 0 aromatic heterocycles. The van der Waals surface area contributed by atoms with Gasteiger partial charge >= 0.3 is 0 Å². The van der Waals surface area contributed by atoms with Crippen LogP contribution in [0.4, 0.5) is 0 Å². The molecule has 4 nitrogen and oxygen atoms in total. The average molecular weight is 250 g/mol. The second kappa shape index (κ2) is 6.73. The number of rotatable bonds is 5. The zero-order chi connectivity index (χ0) is 12.8. The summed E-state index contributed by atoms with van der Waals surface area (Å²) in [6, 6.07) is 7.74.